The molecule has 0 unspecified atom stereocenters. The molecule has 2 aliphatic heterocycles. The summed E-state index contributed by atoms with van der Waals surface area (Å²) >= 11 is 0. The molecule has 0 atom stereocenters. The number of esters is 1. The first kappa shape index (κ1) is 16.1. The normalized spacial score (nSPS) is 17.5. The summed E-state index contributed by atoms with van der Waals surface area (Å²) in [6, 6.07) is 11.2. The molecule has 0 spiro atoms. The molecule has 0 bridgehead atoms. The number of cyclic esters (lactones) is 1. The Bertz CT molecular complexity index is 974. The minimum Gasteiger partial charge on any atom is -0.454 e. The SMILES string of the molecule is CC(/C=C1\N=C(c2ccc(F)cc2)OC1=O)=C\c1ccc2c(c1)OCO2. The molecule has 0 radical (unpaired) electrons. The molecule has 0 fully saturated rings. The first-order chi connectivity index (χ1) is 12.6. The van der Waals surface area contributed by atoms with Gasteiger partial charge in [-0.05, 0) is 60.5 Å². The van der Waals surface area contributed by atoms with E-state index in [1.165, 1.54) is 24.3 Å². The summed E-state index contributed by atoms with van der Waals surface area (Å²) in [6.07, 6.45) is 3.54. The van der Waals surface area contributed by atoms with Crippen LogP contribution in [0.15, 0.2) is 64.8 Å². The van der Waals surface area contributed by atoms with Gasteiger partial charge in [0.25, 0.3) is 0 Å². The highest BCUT2D eigenvalue weighted by atomic mass is 19.1. The number of carbonyl (C=O) groups excluding carboxylic acids is 1. The van der Waals surface area contributed by atoms with Crippen LogP contribution >= 0.6 is 0 Å². The molecule has 5 nitrogen and oxygen atoms in total. The highest BCUT2D eigenvalue weighted by molar-refractivity contribution is 6.11. The standard InChI is InChI=1S/C20H14FNO4/c1-12(8-13-2-7-17-18(10-13)25-11-24-17)9-16-20(23)26-19(22-16)14-3-5-15(21)6-4-14/h2-10H,11H2,1H3/b12-8+,16-9-. The van der Waals surface area contributed by atoms with Crippen LogP contribution in [0.4, 0.5) is 4.39 Å². The van der Waals surface area contributed by atoms with Gasteiger partial charge in [-0.15, -0.1) is 0 Å². The molecule has 0 amide bonds. The largest absolute Gasteiger partial charge is 0.454 e. The lowest BCUT2D eigenvalue weighted by atomic mass is 10.1. The van der Waals surface area contributed by atoms with Crippen molar-refractivity contribution in [3.8, 4) is 11.5 Å². The van der Waals surface area contributed by atoms with Crippen molar-refractivity contribution in [3.05, 3.63) is 76.8 Å². The van der Waals surface area contributed by atoms with E-state index in [0.29, 0.717) is 17.1 Å². The lowest BCUT2D eigenvalue weighted by Crippen LogP contribution is -2.05. The van der Waals surface area contributed by atoms with E-state index in [9.17, 15) is 9.18 Å². The van der Waals surface area contributed by atoms with Gasteiger partial charge in [-0.1, -0.05) is 12.1 Å². The van der Waals surface area contributed by atoms with Crippen LogP contribution in [0.25, 0.3) is 6.08 Å². The van der Waals surface area contributed by atoms with Gasteiger partial charge in [0.05, 0.1) is 0 Å². The van der Waals surface area contributed by atoms with E-state index < -0.39 is 5.97 Å². The number of rotatable bonds is 3. The minimum absolute atomic E-state index is 0.164. The molecule has 0 saturated heterocycles. The third-order valence-electron chi connectivity index (χ3n) is 3.87. The van der Waals surface area contributed by atoms with Crippen molar-refractivity contribution in [1.82, 2.24) is 0 Å². The fraction of sp³-hybridized carbons (Fsp3) is 0.100. The Morgan fingerprint density at radius 3 is 2.69 bits per heavy atom. The molecule has 0 N–H and O–H groups in total. The van der Waals surface area contributed by atoms with E-state index >= 15 is 0 Å². The second-order valence-corrected chi connectivity index (χ2v) is 5.84. The van der Waals surface area contributed by atoms with E-state index in [-0.39, 0.29) is 24.2 Å². The maximum absolute atomic E-state index is 13.0. The van der Waals surface area contributed by atoms with Crippen LogP contribution < -0.4 is 9.47 Å². The summed E-state index contributed by atoms with van der Waals surface area (Å²) in [5.41, 5.74) is 2.47. The van der Waals surface area contributed by atoms with Gasteiger partial charge in [0.2, 0.25) is 12.7 Å². The Balaban J connectivity index is 1.58. The summed E-state index contributed by atoms with van der Waals surface area (Å²) in [5, 5.41) is 0. The van der Waals surface area contributed by atoms with Crippen LogP contribution in [0.2, 0.25) is 0 Å². The summed E-state index contributed by atoms with van der Waals surface area (Å²) in [4.78, 5) is 16.2. The fourth-order valence-electron chi connectivity index (χ4n) is 2.65. The van der Waals surface area contributed by atoms with E-state index in [1.807, 2.05) is 31.2 Å². The van der Waals surface area contributed by atoms with E-state index in [1.54, 1.807) is 6.08 Å². The minimum atomic E-state index is -0.539. The Hall–Kier alpha value is -3.41. The maximum Gasteiger partial charge on any atom is 0.363 e. The zero-order valence-electron chi connectivity index (χ0n) is 13.9. The smallest absolute Gasteiger partial charge is 0.363 e. The van der Waals surface area contributed by atoms with Crippen LogP contribution in [0.1, 0.15) is 18.1 Å². The van der Waals surface area contributed by atoms with Crippen LogP contribution in [-0.4, -0.2) is 18.7 Å². The summed E-state index contributed by atoms with van der Waals surface area (Å²) < 4.78 is 28.8. The maximum atomic E-state index is 13.0. The lowest BCUT2D eigenvalue weighted by Gasteiger charge is -1.99. The number of fused-ring (bicyclic) bond motifs is 1. The summed E-state index contributed by atoms with van der Waals surface area (Å²) in [6.45, 7) is 2.08. The average molecular weight is 351 g/mol. The van der Waals surface area contributed by atoms with Crippen LogP contribution in [0.3, 0.4) is 0 Å². The predicted octanol–water partition coefficient (Wildman–Crippen LogP) is 3.85. The Labute approximate surface area is 149 Å². The van der Waals surface area contributed by atoms with Crippen molar-refractivity contribution in [2.45, 2.75) is 6.92 Å². The van der Waals surface area contributed by atoms with Crippen molar-refractivity contribution in [1.29, 1.82) is 0 Å². The van der Waals surface area contributed by atoms with Gasteiger partial charge < -0.3 is 14.2 Å². The first-order valence-electron chi connectivity index (χ1n) is 7.95. The van der Waals surface area contributed by atoms with Gasteiger partial charge in [-0.25, -0.2) is 14.2 Å². The molecule has 2 aromatic carbocycles. The van der Waals surface area contributed by atoms with Gasteiger partial charge in [0.15, 0.2) is 17.2 Å². The molecule has 0 saturated carbocycles. The second-order valence-electron chi connectivity index (χ2n) is 5.84. The lowest BCUT2D eigenvalue weighted by molar-refractivity contribution is -0.130. The molecule has 6 heteroatoms. The number of carbonyl (C=O) groups is 1. The third-order valence-corrected chi connectivity index (χ3v) is 3.87. The zero-order valence-corrected chi connectivity index (χ0v) is 13.9. The van der Waals surface area contributed by atoms with Gasteiger partial charge in [0, 0.05) is 5.56 Å². The number of aliphatic imine (C=N–C) groups is 1. The van der Waals surface area contributed by atoms with Crippen molar-refractivity contribution < 1.29 is 23.4 Å². The molecule has 0 aliphatic carbocycles. The molecule has 4 rings (SSSR count). The fourth-order valence-corrected chi connectivity index (χ4v) is 2.65. The Morgan fingerprint density at radius 1 is 1.12 bits per heavy atom. The van der Waals surface area contributed by atoms with Crippen LogP contribution in [0, 0.1) is 5.82 Å². The van der Waals surface area contributed by atoms with Gasteiger partial charge in [0.1, 0.15) is 5.82 Å². The number of allylic oxidation sites excluding steroid dienone is 2. The number of benzene rings is 2. The predicted molar refractivity (Wildman–Crippen MR) is 93.3 cm³/mol. The van der Waals surface area contributed by atoms with Gasteiger partial charge in [-0.3, -0.25) is 0 Å². The zero-order chi connectivity index (χ0) is 18.1. The number of nitrogens with zero attached hydrogens (tertiary/aromatic N) is 1. The number of hydrogen-bond donors (Lipinski definition) is 0. The molecule has 2 heterocycles. The van der Waals surface area contributed by atoms with Crippen molar-refractivity contribution in [3.63, 3.8) is 0 Å². The molecule has 2 aliphatic rings. The highest BCUT2D eigenvalue weighted by Gasteiger charge is 2.24. The van der Waals surface area contributed by atoms with E-state index in [4.69, 9.17) is 14.2 Å². The topological polar surface area (TPSA) is 57.1 Å². The molecule has 2 aromatic rings. The highest BCUT2D eigenvalue weighted by Crippen LogP contribution is 2.33. The monoisotopic (exact) mass is 351 g/mol. The number of halogens is 1. The van der Waals surface area contributed by atoms with Crippen molar-refractivity contribution in [2.75, 3.05) is 6.79 Å². The summed E-state index contributed by atoms with van der Waals surface area (Å²) in [5.74, 6) is 0.666. The van der Waals surface area contributed by atoms with Gasteiger partial charge in [-0.2, -0.15) is 0 Å². The molecule has 130 valence electrons. The molecular weight excluding hydrogens is 337 g/mol. The average Bonchev–Trinajstić information content (AvgIpc) is 3.22. The van der Waals surface area contributed by atoms with Crippen molar-refractivity contribution >= 4 is 17.9 Å². The quantitative estimate of drug-likeness (QED) is 0.623. The Kier molecular flexibility index (Phi) is 4.01. The van der Waals surface area contributed by atoms with Crippen LogP contribution in [-0.2, 0) is 9.53 Å². The first-order valence-corrected chi connectivity index (χ1v) is 7.95. The van der Waals surface area contributed by atoms with E-state index in [2.05, 4.69) is 4.99 Å². The van der Waals surface area contributed by atoms with Crippen molar-refractivity contribution in [2.24, 2.45) is 4.99 Å². The van der Waals surface area contributed by atoms with Gasteiger partial charge >= 0.3 is 5.97 Å². The third kappa shape index (κ3) is 3.21. The Morgan fingerprint density at radius 2 is 1.88 bits per heavy atom. The second kappa shape index (κ2) is 6.48. The summed E-state index contributed by atoms with van der Waals surface area (Å²) in [7, 11) is 0. The molecular formula is C20H14FNO4. The molecule has 0 aromatic heterocycles. The van der Waals surface area contributed by atoms with Crippen LogP contribution in [0.5, 0.6) is 11.5 Å². The number of ether oxygens (including phenoxy) is 3. The number of hydrogen-bond acceptors (Lipinski definition) is 5. The molecule has 26 heavy (non-hydrogen) atoms. The van der Waals surface area contributed by atoms with E-state index in [0.717, 1.165) is 11.1 Å².